The lowest BCUT2D eigenvalue weighted by atomic mass is 9.92. The Morgan fingerprint density at radius 2 is 2.47 bits per heavy atom. The number of nitrogens with zero attached hydrogens (tertiary/aromatic N) is 2. The SMILES string of the molecule is CNC(=O)[C@]1(c2cnccn2)CCCN1. The Kier molecular flexibility index (Phi) is 2.64. The highest BCUT2D eigenvalue weighted by Crippen LogP contribution is 2.29. The van der Waals surface area contributed by atoms with Gasteiger partial charge in [0.05, 0.1) is 11.9 Å². The molecular formula is C10H14N4O. The monoisotopic (exact) mass is 206 g/mol. The number of amides is 1. The summed E-state index contributed by atoms with van der Waals surface area (Å²) >= 11 is 0. The molecule has 15 heavy (non-hydrogen) atoms. The Hall–Kier alpha value is -1.49. The minimum Gasteiger partial charge on any atom is -0.357 e. The first-order chi connectivity index (χ1) is 7.29. The molecule has 1 fully saturated rings. The number of nitrogens with one attached hydrogen (secondary N) is 2. The van der Waals surface area contributed by atoms with Gasteiger partial charge in [-0.15, -0.1) is 0 Å². The minimum atomic E-state index is -0.678. The molecule has 1 amide bonds. The molecule has 5 heteroatoms. The highest BCUT2D eigenvalue weighted by molar-refractivity contribution is 5.87. The zero-order chi connectivity index (χ0) is 10.7. The van der Waals surface area contributed by atoms with Crippen molar-refractivity contribution in [2.24, 2.45) is 0 Å². The molecule has 2 N–H and O–H groups in total. The Morgan fingerprint density at radius 1 is 1.60 bits per heavy atom. The molecule has 2 heterocycles. The van der Waals surface area contributed by atoms with E-state index in [1.807, 2.05) is 0 Å². The first-order valence-corrected chi connectivity index (χ1v) is 5.03. The molecule has 0 saturated carbocycles. The average molecular weight is 206 g/mol. The normalized spacial score (nSPS) is 25.1. The molecule has 0 radical (unpaired) electrons. The number of hydrogen-bond donors (Lipinski definition) is 2. The van der Waals surface area contributed by atoms with Crippen LogP contribution in [0.4, 0.5) is 0 Å². The summed E-state index contributed by atoms with van der Waals surface area (Å²) in [5, 5.41) is 5.90. The van der Waals surface area contributed by atoms with Crippen LogP contribution < -0.4 is 10.6 Å². The zero-order valence-electron chi connectivity index (χ0n) is 8.66. The molecule has 0 spiro atoms. The van der Waals surface area contributed by atoms with Crippen LogP contribution in [0.2, 0.25) is 0 Å². The van der Waals surface area contributed by atoms with E-state index in [1.165, 1.54) is 0 Å². The molecule has 80 valence electrons. The van der Waals surface area contributed by atoms with E-state index in [4.69, 9.17) is 0 Å². The van der Waals surface area contributed by atoms with Gasteiger partial charge in [0, 0.05) is 19.4 Å². The lowest BCUT2D eigenvalue weighted by molar-refractivity contribution is -0.127. The zero-order valence-corrected chi connectivity index (χ0v) is 8.66. The van der Waals surface area contributed by atoms with Crippen LogP contribution in [-0.4, -0.2) is 29.5 Å². The summed E-state index contributed by atoms with van der Waals surface area (Å²) < 4.78 is 0. The highest BCUT2D eigenvalue weighted by atomic mass is 16.2. The molecular weight excluding hydrogens is 192 g/mol. The Balaban J connectivity index is 2.39. The number of likely N-dealkylation sites (N-methyl/N-ethyl adjacent to an activating group) is 1. The summed E-state index contributed by atoms with van der Waals surface area (Å²) in [4.78, 5) is 20.1. The van der Waals surface area contributed by atoms with Crippen LogP contribution >= 0.6 is 0 Å². The van der Waals surface area contributed by atoms with Gasteiger partial charge >= 0.3 is 0 Å². The van der Waals surface area contributed by atoms with Gasteiger partial charge in [-0.25, -0.2) is 0 Å². The summed E-state index contributed by atoms with van der Waals surface area (Å²) in [5.74, 6) is -0.0412. The molecule has 1 aliphatic rings. The molecule has 1 atom stereocenters. The van der Waals surface area contributed by atoms with Crippen molar-refractivity contribution in [3.8, 4) is 0 Å². The Labute approximate surface area is 88.3 Å². The summed E-state index contributed by atoms with van der Waals surface area (Å²) in [6.07, 6.45) is 6.61. The van der Waals surface area contributed by atoms with Crippen LogP contribution in [0.3, 0.4) is 0 Å². The van der Waals surface area contributed by atoms with E-state index in [1.54, 1.807) is 25.6 Å². The summed E-state index contributed by atoms with van der Waals surface area (Å²) in [6.45, 7) is 0.837. The molecule has 5 nitrogen and oxygen atoms in total. The second kappa shape index (κ2) is 3.94. The van der Waals surface area contributed by atoms with Crippen molar-refractivity contribution in [3.05, 3.63) is 24.3 Å². The van der Waals surface area contributed by atoms with Gasteiger partial charge in [-0.2, -0.15) is 0 Å². The molecule has 2 rings (SSSR count). The van der Waals surface area contributed by atoms with Gasteiger partial charge < -0.3 is 5.32 Å². The Morgan fingerprint density at radius 3 is 3.00 bits per heavy atom. The van der Waals surface area contributed by atoms with Gasteiger partial charge in [0.25, 0.3) is 0 Å². The van der Waals surface area contributed by atoms with Gasteiger partial charge in [0.15, 0.2) is 0 Å². The van der Waals surface area contributed by atoms with Crippen LogP contribution in [0.1, 0.15) is 18.5 Å². The lowest BCUT2D eigenvalue weighted by Gasteiger charge is -2.26. The third-order valence-corrected chi connectivity index (χ3v) is 2.77. The first-order valence-electron chi connectivity index (χ1n) is 5.03. The van der Waals surface area contributed by atoms with Crippen molar-refractivity contribution in [1.29, 1.82) is 0 Å². The molecule has 0 aromatic carbocycles. The maximum atomic E-state index is 11.9. The number of carbonyl (C=O) groups excluding carboxylic acids is 1. The molecule has 1 saturated heterocycles. The third kappa shape index (κ3) is 1.59. The molecule has 0 bridgehead atoms. The minimum absolute atomic E-state index is 0.0412. The van der Waals surface area contributed by atoms with Gasteiger partial charge in [0.1, 0.15) is 5.54 Å². The predicted octanol–water partition coefficient (Wildman–Crippen LogP) is -0.199. The largest absolute Gasteiger partial charge is 0.357 e. The van der Waals surface area contributed by atoms with E-state index < -0.39 is 5.54 Å². The van der Waals surface area contributed by atoms with E-state index in [0.29, 0.717) is 5.69 Å². The maximum Gasteiger partial charge on any atom is 0.246 e. The molecule has 0 unspecified atom stereocenters. The molecule has 1 aliphatic heterocycles. The average Bonchev–Trinajstić information content (AvgIpc) is 2.79. The maximum absolute atomic E-state index is 11.9. The van der Waals surface area contributed by atoms with Gasteiger partial charge in [-0.05, 0) is 19.4 Å². The van der Waals surface area contributed by atoms with Crippen molar-refractivity contribution in [1.82, 2.24) is 20.6 Å². The second-order valence-corrected chi connectivity index (χ2v) is 3.61. The van der Waals surface area contributed by atoms with E-state index in [2.05, 4.69) is 20.6 Å². The summed E-state index contributed by atoms with van der Waals surface area (Å²) in [7, 11) is 1.64. The quantitative estimate of drug-likeness (QED) is 0.703. The molecule has 1 aromatic heterocycles. The highest BCUT2D eigenvalue weighted by Gasteiger charge is 2.43. The van der Waals surface area contributed by atoms with Crippen LogP contribution in [-0.2, 0) is 10.3 Å². The molecule has 0 aliphatic carbocycles. The third-order valence-electron chi connectivity index (χ3n) is 2.77. The smallest absolute Gasteiger partial charge is 0.246 e. The number of rotatable bonds is 2. The van der Waals surface area contributed by atoms with E-state index in [9.17, 15) is 4.79 Å². The van der Waals surface area contributed by atoms with E-state index in [-0.39, 0.29) is 5.91 Å². The topological polar surface area (TPSA) is 66.9 Å². The van der Waals surface area contributed by atoms with Crippen molar-refractivity contribution < 1.29 is 4.79 Å². The van der Waals surface area contributed by atoms with Crippen LogP contribution in [0.15, 0.2) is 18.6 Å². The van der Waals surface area contributed by atoms with Crippen LogP contribution in [0.25, 0.3) is 0 Å². The second-order valence-electron chi connectivity index (χ2n) is 3.61. The lowest BCUT2D eigenvalue weighted by Crippen LogP contribution is -2.50. The van der Waals surface area contributed by atoms with Crippen molar-refractivity contribution >= 4 is 5.91 Å². The summed E-state index contributed by atoms with van der Waals surface area (Å²) in [6, 6.07) is 0. The number of aromatic nitrogens is 2. The van der Waals surface area contributed by atoms with Crippen molar-refractivity contribution in [3.63, 3.8) is 0 Å². The van der Waals surface area contributed by atoms with E-state index in [0.717, 1.165) is 19.4 Å². The fourth-order valence-electron chi connectivity index (χ4n) is 2.01. The van der Waals surface area contributed by atoms with Crippen molar-refractivity contribution in [2.75, 3.05) is 13.6 Å². The van der Waals surface area contributed by atoms with Gasteiger partial charge in [0.2, 0.25) is 5.91 Å². The fraction of sp³-hybridized carbons (Fsp3) is 0.500. The van der Waals surface area contributed by atoms with Gasteiger partial charge in [-0.3, -0.25) is 20.1 Å². The Bertz CT molecular complexity index is 346. The van der Waals surface area contributed by atoms with Gasteiger partial charge in [-0.1, -0.05) is 0 Å². The fourth-order valence-corrected chi connectivity index (χ4v) is 2.01. The van der Waals surface area contributed by atoms with Crippen LogP contribution in [0.5, 0.6) is 0 Å². The standard InChI is InChI=1S/C10H14N4O/c1-11-9(15)10(3-2-4-14-10)8-7-12-5-6-13-8/h5-7,14H,2-4H2,1H3,(H,11,15)/t10-/m1/s1. The number of hydrogen-bond acceptors (Lipinski definition) is 4. The van der Waals surface area contributed by atoms with Crippen molar-refractivity contribution in [2.45, 2.75) is 18.4 Å². The number of carbonyl (C=O) groups is 1. The first kappa shape index (κ1) is 10.0. The summed E-state index contributed by atoms with van der Waals surface area (Å²) in [5.41, 5.74) is 0.0186. The molecule has 1 aromatic rings. The van der Waals surface area contributed by atoms with E-state index >= 15 is 0 Å². The predicted molar refractivity (Wildman–Crippen MR) is 55.0 cm³/mol. The van der Waals surface area contributed by atoms with Crippen LogP contribution in [0, 0.1) is 0 Å².